The Hall–Kier alpha value is -3.12. The Morgan fingerprint density at radius 3 is 2.33 bits per heavy atom. The lowest BCUT2D eigenvalue weighted by Gasteiger charge is -2.08. The molecule has 1 heterocycles. The number of benzene rings is 2. The summed E-state index contributed by atoms with van der Waals surface area (Å²) in [6.45, 7) is 0. The molecule has 2 N–H and O–H groups in total. The molecule has 0 aliphatic carbocycles. The van der Waals surface area contributed by atoms with E-state index >= 15 is 0 Å². The molecule has 27 heavy (non-hydrogen) atoms. The molecule has 136 valence electrons. The van der Waals surface area contributed by atoms with Gasteiger partial charge in [0.25, 0.3) is 11.8 Å². The van der Waals surface area contributed by atoms with Crippen LogP contribution in [0.1, 0.15) is 16.1 Å². The van der Waals surface area contributed by atoms with Crippen LogP contribution in [0, 0.1) is 0 Å². The van der Waals surface area contributed by atoms with Crippen LogP contribution in [0.2, 0.25) is 0 Å². The van der Waals surface area contributed by atoms with Gasteiger partial charge >= 0.3 is 0 Å². The molecule has 3 aromatic rings. The maximum atomic E-state index is 12.4. The van der Waals surface area contributed by atoms with E-state index < -0.39 is 5.91 Å². The third-order valence-electron chi connectivity index (χ3n) is 3.80. The molecule has 0 fully saturated rings. The molecule has 2 aromatic carbocycles. The normalized spacial score (nSPS) is 11.1. The highest BCUT2D eigenvalue weighted by Gasteiger charge is 2.14. The van der Waals surface area contributed by atoms with Crippen molar-refractivity contribution in [2.45, 2.75) is 0 Å². The number of hydrogen-bond donors (Lipinski definition) is 2. The first-order chi connectivity index (χ1) is 13.1. The number of furan rings is 1. The second kappa shape index (κ2) is 8.51. The highest BCUT2D eigenvalue weighted by molar-refractivity contribution is 9.10. The summed E-state index contributed by atoms with van der Waals surface area (Å²) in [6.07, 6.45) is 1.50. The molecule has 0 saturated heterocycles. The van der Waals surface area contributed by atoms with E-state index in [9.17, 15) is 9.59 Å². The van der Waals surface area contributed by atoms with Gasteiger partial charge < -0.3 is 15.1 Å². The molecule has 0 radical (unpaired) electrons. The van der Waals surface area contributed by atoms with Crippen molar-refractivity contribution in [1.82, 2.24) is 10.6 Å². The summed E-state index contributed by atoms with van der Waals surface area (Å²) in [5.41, 5.74) is 1.47. The Labute approximate surface area is 165 Å². The quantitative estimate of drug-likeness (QED) is 0.602. The van der Waals surface area contributed by atoms with Gasteiger partial charge in [0.2, 0.25) is 0 Å². The van der Waals surface area contributed by atoms with Crippen molar-refractivity contribution in [3.8, 4) is 11.3 Å². The van der Waals surface area contributed by atoms with Crippen LogP contribution < -0.4 is 10.6 Å². The van der Waals surface area contributed by atoms with Gasteiger partial charge in [-0.1, -0.05) is 46.3 Å². The Kier molecular flexibility index (Phi) is 5.88. The Morgan fingerprint density at radius 1 is 0.963 bits per heavy atom. The average Bonchev–Trinajstić information content (AvgIpc) is 3.16. The van der Waals surface area contributed by atoms with Crippen molar-refractivity contribution in [2.24, 2.45) is 0 Å². The van der Waals surface area contributed by atoms with Crippen molar-refractivity contribution in [3.63, 3.8) is 0 Å². The molecule has 0 unspecified atom stereocenters. The number of carbonyl (C=O) groups excluding carboxylic acids is 2. The number of nitrogens with one attached hydrogen (secondary N) is 2. The first kappa shape index (κ1) is 18.7. The predicted octanol–water partition coefficient (Wildman–Crippen LogP) is 4.23. The number of carbonyl (C=O) groups is 2. The first-order valence-electron chi connectivity index (χ1n) is 8.23. The van der Waals surface area contributed by atoms with E-state index in [4.69, 9.17) is 4.42 Å². The van der Waals surface area contributed by atoms with Crippen LogP contribution in [0.4, 0.5) is 0 Å². The summed E-state index contributed by atoms with van der Waals surface area (Å²) in [5.74, 6) is 0.338. The molecule has 2 amide bonds. The van der Waals surface area contributed by atoms with Crippen molar-refractivity contribution in [1.29, 1.82) is 0 Å². The monoisotopic (exact) mass is 424 g/mol. The number of likely N-dealkylation sites (N-methyl/N-ethyl adjacent to an activating group) is 1. The lowest BCUT2D eigenvalue weighted by molar-refractivity contribution is -0.117. The zero-order valence-corrected chi connectivity index (χ0v) is 16.1. The Bertz CT molecular complexity index is 976. The van der Waals surface area contributed by atoms with Gasteiger partial charge in [0.05, 0.1) is 0 Å². The van der Waals surface area contributed by atoms with Crippen LogP contribution >= 0.6 is 15.9 Å². The van der Waals surface area contributed by atoms with Crippen molar-refractivity contribution >= 4 is 33.8 Å². The molecule has 0 bridgehead atoms. The fourth-order valence-electron chi connectivity index (χ4n) is 2.42. The van der Waals surface area contributed by atoms with E-state index in [1.807, 2.05) is 36.4 Å². The predicted molar refractivity (Wildman–Crippen MR) is 108 cm³/mol. The lowest BCUT2D eigenvalue weighted by atomic mass is 10.2. The summed E-state index contributed by atoms with van der Waals surface area (Å²) in [5, 5.41) is 5.15. The first-order valence-corrected chi connectivity index (χ1v) is 9.02. The number of hydrogen-bond acceptors (Lipinski definition) is 3. The van der Waals surface area contributed by atoms with E-state index in [2.05, 4.69) is 26.6 Å². The summed E-state index contributed by atoms with van der Waals surface area (Å²) in [6, 6.07) is 19.9. The van der Waals surface area contributed by atoms with Gasteiger partial charge in [-0.15, -0.1) is 0 Å². The van der Waals surface area contributed by atoms with Gasteiger partial charge in [0.1, 0.15) is 17.2 Å². The van der Waals surface area contributed by atoms with Crippen LogP contribution in [0.5, 0.6) is 0 Å². The summed E-state index contributed by atoms with van der Waals surface area (Å²) in [4.78, 5) is 24.5. The SMILES string of the molecule is CNC(=O)C(=Cc1ccc(-c2ccc(Br)cc2)o1)NC(=O)c1ccccc1. The van der Waals surface area contributed by atoms with E-state index in [-0.39, 0.29) is 11.6 Å². The maximum Gasteiger partial charge on any atom is 0.267 e. The molecule has 0 saturated carbocycles. The van der Waals surface area contributed by atoms with Crippen LogP contribution in [0.3, 0.4) is 0 Å². The maximum absolute atomic E-state index is 12.4. The third kappa shape index (κ3) is 4.74. The summed E-state index contributed by atoms with van der Waals surface area (Å²) in [7, 11) is 1.50. The minimum absolute atomic E-state index is 0.100. The summed E-state index contributed by atoms with van der Waals surface area (Å²) >= 11 is 3.40. The standard InChI is InChI=1S/C21H17BrN2O3/c1-23-21(26)18(24-20(25)15-5-3-2-4-6-15)13-17-11-12-19(27-17)14-7-9-16(22)10-8-14/h2-13H,1H3,(H,23,26)(H,24,25). The fraction of sp³-hybridized carbons (Fsp3) is 0.0476. The molecule has 3 rings (SSSR count). The zero-order chi connectivity index (χ0) is 19.2. The van der Waals surface area contributed by atoms with Gasteiger partial charge in [-0.3, -0.25) is 9.59 Å². The second-order valence-corrected chi connectivity index (χ2v) is 6.58. The minimum Gasteiger partial charge on any atom is -0.457 e. The van der Waals surface area contributed by atoms with Crippen molar-refractivity contribution < 1.29 is 14.0 Å². The highest BCUT2D eigenvalue weighted by atomic mass is 79.9. The van der Waals surface area contributed by atoms with E-state index in [1.165, 1.54) is 13.1 Å². The Balaban J connectivity index is 1.85. The molecular formula is C21H17BrN2O3. The molecule has 1 aromatic heterocycles. The van der Waals surface area contributed by atoms with Gasteiger partial charge in [-0.05, 0) is 36.4 Å². The fourth-order valence-corrected chi connectivity index (χ4v) is 2.68. The van der Waals surface area contributed by atoms with Crippen molar-refractivity contribution in [3.05, 3.63) is 88.2 Å². The number of amides is 2. The van der Waals surface area contributed by atoms with Gasteiger partial charge in [-0.2, -0.15) is 0 Å². The lowest BCUT2D eigenvalue weighted by Crippen LogP contribution is -2.33. The molecule has 0 aliphatic rings. The van der Waals surface area contributed by atoms with Gasteiger partial charge in [0, 0.05) is 28.7 Å². The van der Waals surface area contributed by atoms with E-state index in [0.717, 1.165) is 10.0 Å². The Morgan fingerprint density at radius 2 is 1.67 bits per heavy atom. The summed E-state index contributed by atoms with van der Waals surface area (Å²) < 4.78 is 6.77. The topological polar surface area (TPSA) is 71.3 Å². The molecule has 6 heteroatoms. The second-order valence-electron chi connectivity index (χ2n) is 5.67. The smallest absolute Gasteiger partial charge is 0.267 e. The van der Waals surface area contributed by atoms with Crippen LogP contribution in [-0.4, -0.2) is 18.9 Å². The van der Waals surface area contributed by atoms with Gasteiger partial charge in [-0.25, -0.2) is 0 Å². The van der Waals surface area contributed by atoms with Crippen LogP contribution in [-0.2, 0) is 4.79 Å². The molecule has 0 atom stereocenters. The van der Waals surface area contributed by atoms with E-state index in [0.29, 0.717) is 17.1 Å². The molecular weight excluding hydrogens is 408 g/mol. The largest absolute Gasteiger partial charge is 0.457 e. The van der Waals surface area contributed by atoms with Gasteiger partial charge in [0.15, 0.2) is 0 Å². The number of halogens is 1. The number of rotatable bonds is 5. The van der Waals surface area contributed by atoms with Crippen LogP contribution in [0.15, 0.2) is 81.3 Å². The molecule has 0 aliphatic heterocycles. The highest BCUT2D eigenvalue weighted by Crippen LogP contribution is 2.24. The minimum atomic E-state index is -0.416. The molecule has 5 nitrogen and oxygen atoms in total. The van der Waals surface area contributed by atoms with Crippen LogP contribution in [0.25, 0.3) is 17.4 Å². The van der Waals surface area contributed by atoms with Crippen molar-refractivity contribution in [2.75, 3.05) is 7.05 Å². The average molecular weight is 425 g/mol. The van der Waals surface area contributed by atoms with E-state index in [1.54, 1.807) is 30.3 Å². The zero-order valence-electron chi connectivity index (χ0n) is 14.5. The third-order valence-corrected chi connectivity index (χ3v) is 4.33. The molecule has 0 spiro atoms.